The first-order valence-corrected chi connectivity index (χ1v) is 10.00. The highest BCUT2D eigenvalue weighted by atomic mass is 16.1. The van der Waals surface area contributed by atoms with E-state index in [1.165, 1.54) is 48.8 Å². The molecule has 138 valence electrons. The molecule has 0 radical (unpaired) electrons. The summed E-state index contributed by atoms with van der Waals surface area (Å²) in [6.07, 6.45) is 7.05. The van der Waals surface area contributed by atoms with Gasteiger partial charge in [0.05, 0.1) is 11.3 Å². The zero-order valence-corrected chi connectivity index (χ0v) is 16.0. The quantitative estimate of drug-likeness (QED) is 0.909. The highest BCUT2D eigenvalue weighted by Crippen LogP contribution is 2.30. The molecule has 2 aromatic rings. The van der Waals surface area contributed by atoms with Gasteiger partial charge in [0.1, 0.15) is 5.82 Å². The Morgan fingerprint density at radius 2 is 1.85 bits per heavy atom. The SMILES string of the molecule is Cc1cc(C)cc(CN2CCc3nc(C4CCCCC4)[nH]c(=O)c3C2)c1. The Hall–Kier alpha value is -1.94. The lowest BCUT2D eigenvalue weighted by Crippen LogP contribution is -2.36. The third-order valence-electron chi connectivity index (χ3n) is 5.85. The summed E-state index contributed by atoms with van der Waals surface area (Å²) in [5, 5.41) is 0. The van der Waals surface area contributed by atoms with Gasteiger partial charge in [-0.15, -0.1) is 0 Å². The molecule has 4 rings (SSSR count). The molecule has 0 saturated heterocycles. The van der Waals surface area contributed by atoms with E-state index in [1.54, 1.807) is 0 Å². The van der Waals surface area contributed by atoms with Crippen molar-refractivity contribution in [2.75, 3.05) is 6.54 Å². The summed E-state index contributed by atoms with van der Waals surface area (Å²) in [7, 11) is 0. The molecule has 1 aliphatic heterocycles. The van der Waals surface area contributed by atoms with Gasteiger partial charge in [-0.05, 0) is 32.3 Å². The monoisotopic (exact) mass is 351 g/mol. The van der Waals surface area contributed by atoms with E-state index in [-0.39, 0.29) is 5.56 Å². The summed E-state index contributed by atoms with van der Waals surface area (Å²) in [4.78, 5) is 23.1. The van der Waals surface area contributed by atoms with Crippen LogP contribution in [0, 0.1) is 13.8 Å². The number of rotatable bonds is 3. The number of benzene rings is 1. The molecule has 2 heterocycles. The molecule has 0 bridgehead atoms. The highest BCUT2D eigenvalue weighted by Gasteiger charge is 2.24. The van der Waals surface area contributed by atoms with E-state index in [0.29, 0.717) is 12.5 Å². The fraction of sp³-hybridized carbons (Fsp3) is 0.545. The van der Waals surface area contributed by atoms with Gasteiger partial charge in [-0.1, -0.05) is 48.6 Å². The summed E-state index contributed by atoms with van der Waals surface area (Å²) in [5.74, 6) is 1.39. The van der Waals surface area contributed by atoms with Gasteiger partial charge in [-0.25, -0.2) is 4.98 Å². The minimum atomic E-state index is 0.0840. The third-order valence-corrected chi connectivity index (χ3v) is 5.85. The first-order chi connectivity index (χ1) is 12.6. The van der Waals surface area contributed by atoms with Crippen molar-refractivity contribution in [3.8, 4) is 0 Å². The van der Waals surface area contributed by atoms with Crippen molar-refractivity contribution >= 4 is 0 Å². The standard InChI is InChI=1S/C22H29N3O/c1-15-10-16(2)12-17(11-15)13-25-9-8-20-19(14-25)22(26)24-21(23-20)18-6-4-3-5-7-18/h10-12,18H,3-9,13-14H2,1-2H3,(H,23,24,26). The molecule has 1 aromatic heterocycles. The van der Waals surface area contributed by atoms with E-state index in [1.807, 2.05) is 0 Å². The molecular formula is C22H29N3O. The first-order valence-electron chi connectivity index (χ1n) is 10.00. The van der Waals surface area contributed by atoms with Crippen molar-refractivity contribution < 1.29 is 0 Å². The van der Waals surface area contributed by atoms with Gasteiger partial charge in [0.2, 0.25) is 0 Å². The minimum Gasteiger partial charge on any atom is -0.310 e. The number of aryl methyl sites for hydroxylation is 2. The van der Waals surface area contributed by atoms with Crippen LogP contribution >= 0.6 is 0 Å². The average Bonchev–Trinajstić information content (AvgIpc) is 2.62. The van der Waals surface area contributed by atoms with Crippen LogP contribution in [0.2, 0.25) is 0 Å². The van der Waals surface area contributed by atoms with E-state index < -0.39 is 0 Å². The fourth-order valence-corrected chi connectivity index (χ4v) is 4.62. The second kappa shape index (κ2) is 7.36. The van der Waals surface area contributed by atoms with Crippen LogP contribution < -0.4 is 5.56 Å². The molecule has 4 nitrogen and oxygen atoms in total. The van der Waals surface area contributed by atoms with Crippen LogP contribution in [0.4, 0.5) is 0 Å². The van der Waals surface area contributed by atoms with E-state index in [0.717, 1.165) is 36.6 Å². The Kier molecular flexibility index (Phi) is 4.94. The van der Waals surface area contributed by atoms with Crippen LogP contribution in [0.1, 0.15) is 71.8 Å². The maximum Gasteiger partial charge on any atom is 0.255 e. The number of fused-ring (bicyclic) bond motifs is 1. The van der Waals surface area contributed by atoms with Gasteiger partial charge < -0.3 is 4.98 Å². The van der Waals surface area contributed by atoms with Gasteiger partial charge in [0.15, 0.2) is 0 Å². The predicted octanol–water partition coefficient (Wildman–Crippen LogP) is 3.99. The van der Waals surface area contributed by atoms with Crippen LogP contribution in [-0.4, -0.2) is 21.4 Å². The lowest BCUT2D eigenvalue weighted by molar-refractivity contribution is 0.241. The second-order valence-corrected chi connectivity index (χ2v) is 8.17. The molecular weight excluding hydrogens is 322 g/mol. The molecule has 1 aliphatic carbocycles. The van der Waals surface area contributed by atoms with E-state index in [2.05, 4.69) is 41.9 Å². The number of aromatic amines is 1. The van der Waals surface area contributed by atoms with Gasteiger partial charge in [-0.3, -0.25) is 9.69 Å². The van der Waals surface area contributed by atoms with Crippen LogP contribution in [0.25, 0.3) is 0 Å². The van der Waals surface area contributed by atoms with E-state index in [4.69, 9.17) is 4.98 Å². The molecule has 0 amide bonds. The lowest BCUT2D eigenvalue weighted by atomic mass is 9.88. The van der Waals surface area contributed by atoms with Gasteiger partial charge in [0, 0.05) is 32.0 Å². The normalized spacial score (nSPS) is 18.7. The van der Waals surface area contributed by atoms with Crippen molar-refractivity contribution in [3.63, 3.8) is 0 Å². The number of hydrogen-bond donors (Lipinski definition) is 1. The Labute approximate surface area is 155 Å². The summed E-state index contributed by atoms with van der Waals surface area (Å²) in [6, 6.07) is 6.70. The van der Waals surface area contributed by atoms with Crippen molar-refractivity contribution in [1.82, 2.24) is 14.9 Å². The van der Waals surface area contributed by atoms with Crippen LogP contribution in [0.3, 0.4) is 0 Å². The van der Waals surface area contributed by atoms with Gasteiger partial charge in [0.25, 0.3) is 5.56 Å². The van der Waals surface area contributed by atoms with E-state index in [9.17, 15) is 4.79 Å². The van der Waals surface area contributed by atoms with Crippen LogP contribution in [-0.2, 0) is 19.5 Å². The fourth-order valence-electron chi connectivity index (χ4n) is 4.62. The maximum absolute atomic E-state index is 12.7. The molecule has 2 aliphatic rings. The Morgan fingerprint density at radius 3 is 2.58 bits per heavy atom. The molecule has 1 fully saturated rings. The molecule has 1 aromatic carbocycles. The summed E-state index contributed by atoms with van der Waals surface area (Å²) in [6.45, 7) is 6.86. The molecule has 4 heteroatoms. The zero-order chi connectivity index (χ0) is 18.1. The molecule has 1 saturated carbocycles. The predicted molar refractivity (Wildman–Crippen MR) is 104 cm³/mol. The number of H-pyrrole nitrogens is 1. The van der Waals surface area contributed by atoms with E-state index >= 15 is 0 Å². The highest BCUT2D eigenvalue weighted by molar-refractivity contribution is 5.29. The summed E-state index contributed by atoms with van der Waals surface area (Å²) >= 11 is 0. The lowest BCUT2D eigenvalue weighted by Gasteiger charge is -2.29. The van der Waals surface area contributed by atoms with Crippen molar-refractivity contribution in [2.45, 2.75) is 71.4 Å². The van der Waals surface area contributed by atoms with Crippen LogP contribution in [0.5, 0.6) is 0 Å². The Bertz CT molecular complexity index is 829. The Morgan fingerprint density at radius 1 is 1.12 bits per heavy atom. The minimum absolute atomic E-state index is 0.0840. The number of hydrogen-bond acceptors (Lipinski definition) is 3. The zero-order valence-electron chi connectivity index (χ0n) is 16.0. The van der Waals surface area contributed by atoms with Crippen molar-refractivity contribution in [3.05, 3.63) is 62.3 Å². The molecule has 1 N–H and O–H groups in total. The third kappa shape index (κ3) is 3.75. The molecule has 0 atom stereocenters. The van der Waals surface area contributed by atoms with Crippen molar-refractivity contribution in [1.29, 1.82) is 0 Å². The topological polar surface area (TPSA) is 49.0 Å². The van der Waals surface area contributed by atoms with Gasteiger partial charge in [-0.2, -0.15) is 0 Å². The Balaban J connectivity index is 1.52. The first kappa shape index (κ1) is 17.5. The molecule has 26 heavy (non-hydrogen) atoms. The van der Waals surface area contributed by atoms with Crippen molar-refractivity contribution in [2.24, 2.45) is 0 Å². The summed E-state index contributed by atoms with van der Waals surface area (Å²) in [5.41, 5.74) is 5.92. The largest absolute Gasteiger partial charge is 0.310 e. The molecule has 0 unspecified atom stereocenters. The van der Waals surface area contributed by atoms with Gasteiger partial charge >= 0.3 is 0 Å². The van der Waals surface area contributed by atoms with Crippen LogP contribution in [0.15, 0.2) is 23.0 Å². The molecule has 0 spiro atoms. The smallest absolute Gasteiger partial charge is 0.255 e. The summed E-state index contributed by atoms with van der Waals surface area (Å²) < 4.78 is 0. The maximum atomic E-state index is 12.7. The average molecular weight is 351 g/mol. The number of nitrogens with one attached hydrogen (secondary N) is 1. The second-order valence-electron chi connectivity index (χ2n) is 8.17. The number of aromatic nitrogens is 2. The number of nitrogens with zero attached hydrogens (tertiary/aromatic N) is 2.